The summed E-state index contributed by atoms with van der Waals surface area (Å²) in [4.78, 5) is 15.6. The topological polar surface area (TPSA) is 96.7 Å². The molecule has 0 bridgehead atoms. The zero-order valence-electron chi connectivity index (χ0n) is 10.1. The van der Waals surface area contributed by atoms with E-state index in [0.717, 1.165) is 6.42 Å². The summed E-state index contributed by atoms with van der Waals surface area (Å²) in [6.45, 7) is 2.90. The number of hydrogen-bond donors (Lipinski definition) is 3. The maximum absolute atomic E-state index is 11.8. The van der Waals surface area contributed by atoms with Crippen molar-refractivity contribution in [3.05, 3.63) is 5.82 Å². The Labute approximate surface area is 100 Å². The Hall–Kier alpha value is -1.59. The molecule has 1 heterocycles. The number of nitrogens with two attached hydrogens (primary N) is 1. The summed E-state index contributed by atoms with van der Waals surface area (Å²) in [5, 5.41) is 9.07. The number of H-pyrrole nitrogens is 1. The highest BCUT2D eigenvalue weighted by molar-refractivity contribution is 5.90. The third-order valence-corrected chi connectivity index (χ3v) is 3.76. The van der Waals surface area contributed by atoms with E-state index < -0.39 is 0 Å². The Morgan fingerprint density at radius 1 is 1.53 bits per heavy atom. The normalized spacial score (nSPS) is 18.2. The van der Waals surface area contributed by atoms with Crippen molar-refractivity contribution in [2.45, 2.75) is 39.0 Å². The molecule has 0 saturated heterocycles. The first-order valence-corrected chi connectivity index (χ1v) is 6.11. The summed E-state index contributed by atoms with van der Waals surface area (Å²) in [7, 11) is 0. The monoisotopic (exact) mass is 237 g/mol. The molecule has 0 aliphatic heterocycles. The van der Waals surface area contributed by atoms with Gasteiger partial charge in [-0.05, 0) is 24.7 Å². The lowest BCUT2D eigenvalue weighted by Crippen LogP contribution is -2.36. The van der Waals surface area contributed by atoms with Gasteiger partial charge >= 0.3 is 0 Å². The number of rotatable bonds is 4. The lowest BCUT2D eigenvalue weighted by molar-refractivity contribution is 0.0919. The number of aromatic nitrogens is 3. The highest BCUT2D eigenvalue weighted by Crippen LogP contribution is 2.40. The molecule has 94 valence electrons. The average Bonchev–Trinajstić information content (AvgIpc) is 2.95. The Kier molecular flexibility index (Phi) is 3.31. The van der Waals surface area contributed by atoms with E-state index in [1.807, 2.05) is 0 Å². The van der Waals surface area contributed by atoms with Crippen LogP contribution in [0.3, 0.4) is 0 Å². The second kappa shape index (κ2) is 4.73. The maximum atomic E-state index is 11.8. The zero-order valence-corrected chi connectivity index (χ0v) is 10.1. The van der Waals surface area contributed by atoms with E-state index in [9.17, 15) is 4.79 Å². The predicted molar refractivity (Wildman–Crippen MR) is 64.3 cm³/mol. The van der Waals surface area contributed by atoms with E-state index >= 15 is 0 Å². The van der Waals surface area contributed by atoms with Crippen molar-refractivity contribution in [2.24, 2.45) is 5.41 Å². The first kappa shape index (κ1) is 11.9. The molecule has 4 N–H and O–H groups in total. The fraction of sp³-hybridized carbons (Fsp3) is 0.727. The zero-order chi connectivity index (χ0) is 12.3. The Balaban J connectivity index is 1.91. The SMILES string of the molecule is CCC1(CNC(=O)c2nc(N)n[nH]2)CCCC1. The summed E-state index contributed by atoms with van der Waals surface area (Å²) in [6.07, 6.45) is 6.02. The fourth-order valence-corrected chi connectivity index (χ4v) is 2.51. The van der Waals surface area contributed by atoms with Crippen molar-refractivity contribution >= 4 is 11.9 Å². The van der Waals surface area contributed by atoms with Gasteiger partial charge in [0.25, 0.3) is 5.91 Å². The molecular formula is C11H19N5O. The molecule has 1 amide bonds. The lowest BCUT2D eigenvalue weighted by Gasteiger charge is -2.27. The van der Waals surface area contributed by atoms with Crippen LogP contribution < -0.4 is 11.1 Å². The van der Waals surface area contributed by atoms with E-state index in [4.69, 9.17) is 5.73 Å². The van der Waals surface area contributed by atoms with Gasteiger partial charge < -0.3 is 11.1 Å². The van der Waals surface area contributed by atoms with Crippen LogP contribution in [-0.4, -0.2) is 27.6 Å². The quantitative estimate of drug-likeness (QED) is 0.730. The summed E-state index contributed by atoms with van der Waals surface area (Å²) in [6, 6.07) is 0. The number of anilines is 1. The molecule has 17 heavy (non-hydrogen) atoms. The first-order chi connectivity index (χ1) is 8.15. The van der Waals surface area contributed by atoms with Gasteiger partial charge in [0.15, 0.2) is 0 Å². The molecule has 2 rings (SSSR count). The second-order valence-corrected chi connectivity index (χ2v) is 4.79. The summed E-state index contributed by atoms with van der Waals surface area (Å²) in [5.74, 6) is 0.0573. The van der Waals surface area contributed by atoms with Crippen LogP contribution in [0.4, 0.5) is 5.95 Å². The minimum Gasteiger partial charge on any atom is -0.366 e. The number of carbonyl (C=O) groups is 1. The van der Waals surface area contributed by atoms with Crippen molar-refractivity contribution in [1.29, 1.82) is 0 Å². The Morgan fingerprint density at radius 3 is 2.76 bits per heavy atom. The summed E-state index contributed by atoms with van der Waals surface area (Å²) >= 11 is 0. The fourth-order valence-electron chi connectivity index (χ4n) is 2.51. The van der Waals surface area contributed by atoms with Crippen molar-refractivity contribution in [3.63, 3.8) is 0 Å². The lowest BCUT2D eigenvalue weighted by atomic mass is 9.83. The standard InChI is InChI=1S/C11H19N5O/c1-2-11(5-3-4-6-11)7-13-9(17)8-14-10(12)16-15-8/h2-7H2,1H3,(H,13,17)(H3,12,14,15,16). The van der Waals surface area contributed by atoms with Gasteiger partial charge in [-0.15, -0.1) is 5.10 Å². The molecule has 6 heteroatoms. The molecule has 0 atom stereocenters. The van der Waals surface area contributed by atoms with Gasteiger partial charge in [0.1, 0.15) is 0 Å². The van der Waals surface area contributed by atoms with E-state index in [0.29, 0.717) is 6.54 Å². The number of nitrogens with one attached hydrogen (secondary N) is 2. The number of aromatic amines is 1. The molecule has 1 aliphatic rings. The average molecular weight is 237 g/mol. The Morgan fingerprint density at radius 2 is 2.24 bits per heavy atom. The summed E-state index contributed by atoms with van der Waals surface area (Å²) < 4.78 is 0. The van der Waals surface area contributed by atoms with Crippen LogP contribution in [0.2, 0.25) is 0 Å². The maximum Gasteiger partial charge on any atom is 0.288 e. The third kappa shape index (κ3) is 2.57. The van der Waals surface area contributed by atoms with E-state index in [1.54, 1.807) is 0 Å². The number of amides is 1. The smallest absolute Gasteiger partial charge is 0.288 e. The van der Waals surface area contributed by atoms with Crippen LogP contribution in [-0.2, 0) is 0 Å². The van der Waals surface area contributed by atoms with Crippen LogP contribution in [0.5, 0.6) is 0 Å². The van der Waals surface area contributed by atoms with Crippen molar-refractivity contribution < 1.29 is 4.79 Å². The number of hydrogen-bond acceptors (Lipinski definition) is 4. The molecule has 0 unspecified atom stereocenters. The second-order valence-electron chi connectivity index (χ2n) is 4.79. The van der Waals surface area contributed by atoms with Gasteiger partial charge in [0, 0.05) is 6.54 Å². The molecule has 1 saturated carbocycles. The van der Waals surface area contributed by atoms with Gasteiger partial charge in [0.2, 0.25) is 11.8 Å². The van der Waals surface area contributed by atoms with E-state index in [-0.39, 0.29) is 23.1 Å². The van der Waals surface area contributed by atoms with Gasteiger partial charge in [0.05, 0.1) is 0 Å². The molecule has 0 aromatic carbocycles. The van der Waals surface area contributed by atoms with Crippen molar-refractivity contribution in [1.82, 2.24) is 20.5 Å². The highest BCUT2D eigenvalue weighted by atomic mass is 16.2. The van der Waals surface area contributed by atoms with Crippen molar-refractivity contribution in [3.8, 4) is 0 Å². The molecular weight excluding hydrogens is 218 g/mol. The van der Waals surface area contributed by atoms with Gasteiger partial charge in [-0.2, -0.15) is 4.98 Å². The molecule has 1 aliphatic carbocycles. The molecule has 1 aromatic heterocycles. The van der Waals surface area contributed by atoms with E-state index in [1.165, 1.54) is 25.7 Å². The highest BCUT2D eigenvalue weighted by Gasteiger charge is 2.32. The molecule has 0 spiro atoms. The number of nitrogen functional groups attached to an aromatic ring is 1. The van der Waals surface area contributed by atoms with Crippen LogP contribution in [0.15, 0.2) is 0 Å². The first-order valence-electron chi connectivity index (χ1n) is 6.11. The number of nitrogens with zero attached hydrogens (tertiary/aromatic N) is 2. The Bertz CT molecular complexity index is 394. The summed E-state index contributed by atoms with van der Waals surface area (Å²) in [5.41, 5.74) is 5.63. The van der Waals surface area contributed by atoms with Crippen LogP contribution >= 0.6 is 0 Å². The van der Waals surface area contributed by atoms with Gasteiger partial charge in [-0.25, -0.2) is 0 Å². The minimum absolute atomic E-state index is 0.0984. The molecule has 1 aromatic rings. The van der Waals surface area contributed by atoms with Crippen LogP contribution in [0.25, 0.3) is 0 Å². The third-order valence-electron chi connectivity index (χ3n) is 3.76. The minimum atomic E-state index is -0.228. The van der Waals surface area contributed by atoms with Gasteiger partial charge in [-0.1, -0.05) is 19.8 Å². The number of carbonyl (C=O) groups excluding carboxylic acids is 1. The van der Waals surface area contributed by atoms with Crippen LogP contribution in [0.1, 0.15) is 49.6 Å². The predicted octanol–water partition coefficient (Wildman–Crippen LogP) is 1.09. The van der Waals surface area contributed by atoms with Gasteiger partial charge in [-0.3, -0.25) is 9.89 Å². The molecule has 1 fully saturated rings. The molecule has 6 nitrogen and oxygen atoms in total. The van der Waals surface area contributed by atoms with E-state index in [2.05, 4.69) is 27.4 Å². The van der Waals surface area contributed by atoms with Crippen molar-refractivity contribution in [2.75, 3.05) is 12.3 Å². The molecule has 0 radical (unpaired) electrons. The largest absolute Gasteiger partial charge is 0.366 e. The van der Waals surface area contributed by atoms with Crippen LogP contribution in [0, 0.1) is 5.41 Å².